The molecule has 3 aromatic heterocycles. The van der Waals surface area contributed by atoms with Crippen molar-refractivity contribution in [2.24, 2.45) is 7.05 Å². The molecule has 0 aliphatic carbocycles. The van der Waals surface area contributed by atoms with Crippen molar-refractivity contribution in [3.63, 3.8) is 0 Å². The number of anilines is 1. The Morgan fingerprint density at radius 3 is 2.45 bits per heavy atom. The fourth-order valence-corrected chi connectivity index (χ4v) is 4.08. The maximum Gasteiger partial charge on any atom is 0.130 e. The van der Waals surface area contributed by atoms with E-state index in [1.807, 2.05) is 24.1 Å². The third-order valence-corrected chi connectivity index (χ3v) is 5.78. The fraction of sp³-hybridized carbons (Fsp3) is 0.304. The zero-order chi connectivity index (χ0) is 19.8. The van der Waals surface area contributed by atoms with Crippen molar-refractivity contribution < 1.29 is 0 Å². The molecule has 0 spiro atoms. The van der Waals surface area contributed by atoms with Crippen molar-refractivity contribution in [2.45, 2.75) is 6.54 Å². The summed E-state index contributed by atoms with van der Waals surface area (Å²) >= 11 is 0. The monoisotopic (exact) mass is 386 g/mol. The third kappa shape index (κ3) is 3.51. The SMILES string of the molecule is CN1CCN(c2cc3c(cn2)cc(-c2cnn(C)c2)n3Cc2ccccc2)CC1. The molecule has 0 atom stereocenters. The summed E-state index contributed by atoms with van der Waals surface area (Å²) in [6.45, 7) is 5.01. The summed E-state index contributed by atoms with van der Waals surface area (Å²) < 4.78 is 4.25. The van der Waals surface area contributed by atoms with Crippen LogP contribution in [0, 0.1) is 0 Å². The van der Waals surface area contributed by atoms with Crippen LogP contribution in [0.15, 0.2) is 61.1 Å². The van der Waals surface area contributed by atoms with Crippen molar-refractivity contribution in [1.29, 1.82) is 0 Å². The number of hydrogen-bond donors (Lipinski definition) is 0. The van der Waals surface area contributed by atoms with Gasteiger partial charge >= 0.3 is 0 Å². The molecule has 5 rings (SSSR count). The Bertz CT molecular complexity index is 1120. The van der Waals surface area contributed by atoms with E-state index in [0.717, 1.165) is 49.5 Å². The molecule has 0 unspecified atom stereocenters. The molecule has 1 aliphatic rings. The molecule has 0 radical (unpaired) electrons. The highest BCUT2D eigenvalue weighted by Gasteiger charge is 2.18. The smallest absolute Gasteiger partial charge is 0.130 e. The van der Waals surface area contributed by atoms with Crippen molar-refractivity contribution in [3.8, 4) is 11.3 Å². The van der Waals surface area contributed by atoms with Gasteiger partial charge in [-0.3, -0.25) is 4.68 Å². The maximum atomic E-state index is 4.79. The third-order valence-electron chi connectivity index (χ3n) is 5.78. The van der Waals surface area contributed by atoms with Crippen molar-refractivity contribution >= 4 is 16.7 Å². The second kappa shape index (κ2) is 7.37. The zero-order valence-electron chi connectivity index (χ0n) is 17.0. The van der Waals surface area contributed by atoms with Gasteiger partial charge in [-0.2, -0.15) is 5.10 Å². The maximum absolute atomic E-state index is 4.79. The van der Waals surface area contributed by atoms with Gasteiger partial charge in [-0.15, -0.1) is 0 Å². The summed E-state index contributed by atoms with van der Waals surface area (Å²) in [5, 5.41) is 5.55. The molecular formula is C23H26N6. The molecule has 0 saturated carbocycles. The first-order valence-electron chi connectivity index (χ1n) is 10.1. The van der Waals surface area contributed by atoms with E-state index >= 15 is 0 Å². The molecule has 29 heavy (non-hydrogen) atoms. The van der Waals surface area contributed by atoms with E-state index < -0.39 is 0 Å². The molecule has 0 N–H and O–H groups in total. The number of benzene rings is 1. The Hall–Kier alpha value is -3.12. The number of likely N-dealkylation sites (N-methyl/N-ethyl adjacent to an activating group) is 1. The minimum atomic E-state index is 0.820. The molecule has 0 bridgehead atoms. The molecular weight excluding hydrogens is 360 g/mol. The minimum absolute atomic E-state index is 0.820. The van der Waals surface area contributed by atoms with Gasteiger partial charge in [0.1, 0.15) is 5.82 Å². The first kappa shape index (κ1) is 17.9. The number of aromatic nitrogens is 4. The van der Waals surface area contributed by atoms with Crippen LogP contribution in [0.5, 0.6) is 0 Å². The number of hydrogen-bond acceptors (Lipinski definition) is 4. The van der Waals surface area contributed by atoms with Crippen LogP contribution in [-0.2, 0) is 13.6 Å². The first-order chi connectivity index (χ1) is 14.2. The van der Waals surface area contributed by atoms with E-state index in [1.165, 1.54) is 16.8 Å². The molecule has 4 aromatic rings. The molecule has 1 aliphatic heterocycles. The van der Waals surface area contributed by atoms with Gasteiger partial charge in [0.15, 0.2) is 0 Å². The lowest BCUT2D eigenvalue weighted by molar-refractivity contribution is 0.312. The topological polar surface area (TPSA) is 42.1 Å². The van der Waals surface area contributed by atoms with Gasteiger partial charge in [-0.05, 0) is 18.7 Å². The summed E-state index contributed by atoms with van der Waals surface area (Å²) in [7, 11) is 4.14. The average molecular weight is 387 g/mol. The number of piperazine rings is 1. The van der Waals surface area contributed by atoms with Crippen LogP contribution in [0.25, 0.3) is 22.2 Å². The summed E-state index contributed by atoms with van der Waals surface area (Å²) in [6, 6.07) is 15.1. The Morgan fingerprint density at radius 1 is 0.931 bits per heavy atom. The lowest BCUT2D eigenvalue weighted by Gasteiger charge is -2.33. The molecule has 148 valence electrons. The largest absolute Gasteiger partial charge is 0.354 e. The van der Waals surface area contributed by atoms with Crippen LogP contribution in [0.3, 0.4) is 0 Å². The van der Waals surface area contributed by atoms with E-state index in [9.17, 15) is 0 Å². The van der Waals surface area contributed by atoms with E-state index in [2.05, 4.69) is 75.2 Å². The van der Waals surface area contributed by atoms with Crippen LogP contribution in [0.4, 0.5) is 5.82 Å². The highest BCUT2D eigenvalue weighted by Crippen LogP contribution is 2.30. The molecule has 6 nitrogen and oxygen atoms in total. The van der Waals surface area contributed by atoms with Crippen molar-refractivity contribution in [2.75, 3.05) is 38.1 Å². The Kier molecular flexibility index (Phi) is 4.56. The van der Waals surface area contributed by atoms with Gasteiger partial charge in [0.05, 0.1) is 17.4 Å². The molecule has 1 aromatic carbocycles. The Labute approximate surface area is 171 Å². The molecule has 0 amide bonds. The van der Waals surface area contributed by atoms with E-state index in [-0.39, 0.29) is 0 Å². The highest BCUT2D eigenvalue weighted by molar-refractivity contribution is 5.88. The summed E-state index contributed by atoms with van der Waals surface area (Å²) in [4.78, 5) is 9.55. The second-order valence-corrected chi connectivity index (χ2v) is 7.90. The lowest BCUT2D eigenvalue weighted by atomic mass is 10.2. The van der Waals surface area contributed by atoms with Crippen LogP contribution >= 0.6 is 0 Å². The predicted molar refractivity (Wildman–Crippen MR) is 117 cm³/mol. The van der Waals surface area contributed by atoms with Crippen LogP contribution in [0.1, 0.15) is 5.56 Å². The fourth-order valence-electron chi connectivity index (χ4n) is 4.08. The first-order valence-corrected chi connectivity index (χ1v) is 10.1. The summed E-state index contributed by atoms with van der Waals surface area (Å²) in [6.07, 6.45) is 6.03. The molecule has 4 heterocycles. The van der Waals surface area contributed by atoms with Crippen LogP contribution < -0.4 is 4.90 Å². The molecule has 6 heteroatoms. The number of rotatable bonds is 4. The van der Waals surface area contributed by atoms with Gasteiger partial charge in [-0.25, -0.2) is 4.98 Å². The number of pyridine rings is 1. The standard InChI is InChI=1S/C23H26N6/c1-26-8-10-28(11-9-26)23-13-22-19(14-24-23)12-21(20-15-25-27(2)17-20)29(22)16-18-6-4-3-5-7-18/h3-7,12-15,17H,8-11,16H2,1-2H3. The van der Waals surface area contributed by atoms with Gasteiger partial charge < -0.3 is 14.4 Å². The van der Waals surface area contributed by atoms with Crippen LogP contribution in [0.2, 0.25) is 0 Å². The average Bonchev–Trinajstić information content (AvgIpc) is 3.33. The predicted octanol–water partition coefficient (Wildman–Crippen LogP) is 3.24. The molecule has 1 saturated heterocycles. The second-order valence-electron chi connectivity index (χ2n) is 7.90. The zero-order valence-corrected chi connectivity index (χ0v) is 17.0. The van der Waals surface area contributed by atoms with E-state index in [1.54, 1.807) is 0 Å². The van der Waals surface area contributed by atoms with Crippen LogP contribution in [-0.4, -0.2) is 57.5 Å². The van der Waals surface area contributed by atoms with Gasteiger partial charge in [0.25, 0.3) is 0 Å². The number of nitrogens with zero attached hydrogens (tertiary/aromatic N) is 6. The summed E-state index contributed by atoms with van der Waals surface area (Å²) in [5.41, 5.74) is 4.81. The quantitative estimate of drug-likeness (QED) is 0.540. The van der Waals surface area contributed by atoms with Crippen molar-refractivity contribution in [1.82, 2.24) is 24.2 Å². The number of fused-ring (bicyclic) bond motifs is 1. The summed E-state index contributed by atoms with van der Waals surface area (Å²) in [5.74, 6) is 1.07. The van der Waals surface area contributed by atoms with E-state index in [0.29, 0.717) is 0 Å². The Balaban J connectivity index is 1.61. The van der Waals surface area contributed by atoms with Gasteiger partial charge in [0.2, 0.25) is 0 Å². The Morgan fingerprint density at radius 2 is 1.72 bits per heavy atom. The molecule has 1 fully saturated rings. The minimum Gasteiger partial charge on any atom is -0.354 e. The van der Waals surface area contributed by atoms with Gasteiger partial charge in [0, 0.05) is 69.2 Å². The lowest BCUT2D eigenvalue weighted by Crippen LogP contribution is -2.44. The van der Waals surface area contributed by atoms with Gasteiger partial charge in [-0.1, -0.05) is 30.3 Å². The highest BCUT2D eigenvalue weighted by atomic mass is 15.3. The van der Waals surface area contributed by atoms with E-state index in [4.69, 9.17) is 4.98 Å². The van der Waals surface area contributed by atoms with Crippen molar-refractivity contribution in [3.05, 3.63) is 66.6 Å². The number of aryl methyl sites for hydroxylation is 1. The normalized spacial score (nSPS) is 15.3.